The van der Waals surface area contributed by atoms with E-state index in [1.165, 1.54) is 23.2 Å². The van der Waals surface area contributed by atoms with Gasteiger partial charge < -0.3 is 42.9 Å². The van der Waals surface area contributed by atoms with Crippen molar-refractivity contribution in [3.05, 3.63) is 52.1 Å². The van der Waals surface area contributed by atoms with Crippen molar-refractivity contribution in [2.75, 3.05) is 25.1 Å². The van der Waals surface area contributed by atoms with Crippen molar-refractivity contribution in [1.29, 1.82) is 5.41 Å². The first-order chi connectivity index (χ1) is 19.3. The number of guanidine groups is 2. The molecule has 3 aromatic rings. The first-order valence-corrected chi connectivity index (χ1v) is 11.7. The quantitative estimate of drug-likeness (QED) is 0.107. The van der Waals surface area contributed by atoms with E-state index in [0.29, 0.717) is 11.4 Å². The zero-order valence-corrected chi connectivity index (χ0v) is 22.1. The lowest BCUT2D eigenvalue weighted by atomic mass is 10.1. The first-order valence-electron chi connectivity index (χ1n) is 11.7. The number of carboxylic acids is 2. The average molecular weight is 571 g/mol. The number of amides is 1. The summed E-state index contributed by atoms with van der Waals surface area (Å²) in [6.07, 6.45) is 0.840. The van der Waals surface area contributed by atoms with Gasteiger partial charge in [-0.1, -0.05) is 0 Å². The highest BCUT2D eigenvalue weighted by Crippen LogP contribution is 2.12. The molecular formula is C23H30N12O6. The van der Waals surface area contributed by atoms with Crippen LogP contribution in [0.3, 0.4) is 0 Å². The maximum Gasteiger partial charge on any atom is 0.326 e. The molecule has 12 N–H and O–H groups in total. The first kappa shape index (κ1) is 31.4. The lowest BCUT2D eigenvalue weighted by Crippen LogP contribution is -2.41. The third-order valence-corrected chi connectivity index (χ3v) is 5.02. The van der Waals surface area contributed by atoms with Gasteiger partial charge in [0.15, 0.2) is 17.1 Å². The SMILES string of the molecule is CN(C)C(=N)N=C(N)N.Nc1nc2ncc(CNc3ccc(C(=O)N[C@@H](CCC(=O)O)C(=O)O)cc3)nc2c(=O)[nH]1. The molecule has 0 aliphatic rings. The number of nitrogen functional groups attached to an aromatic ring is 1. The molecule has 0 radical (unpaired) electrons. The summed E-state index contributed by atoms with van der Waals surface area (Å²) in [5, 5.41) is 30.2. The van der Waals surface area contributed by atoms with Crippen LogP contribution >= 0.6 is 0 Å². The van der Waals surface area contributed by atoms with Crippen molar-refractivity contribution in [1.82, 2.24) is 30.2 Å². The Morgan fingerprint density at radius 3 is 2.34 bits per heavy atom. The van der Waals surface area contributed by atoms with Crippen LogP contribution in [0.15, 0.2) is 40.2 Å². The third kappa shape index (κ3) is 10.1. The molecule has 0 saturated heterocycles. The van der Waals surface area contributed by atoms with Crippen LogP contribution in [0.5, 0.6) is 0 Å². The Morgan fingerprint density at radius 2 is 1.80 bits per heavy atom. The number of nitrogens with two attached hydrogens (primary N) is 3. The predicted molar refractivity (Wildman–Crippen MR) is 149 cm³/mol. The summed E-state index contributed by atoms with van der Waals surface area (Å²) < 4.78 is 0. The van der Waals surface area contributed by atoms with Crippen LogP contribution in [0.4, 0.5) is 11.6 Å². The number of rotatable bonds is 9. The van der Waals surface area contributed by atoms with E-state index in [1.807, 2.05) is 0 Å². The molecule has 18 nitrogen and oxygen atoms in total. The fourth-order valence-electron chi connectivity index (χ4n) is 2.98. The van der Waals surface area contributed by atoms with E-state index in [4.69, 9.17) is 32.8 Å². The van der Waals surface area contributed by atoms with Crippen molar-refractivity contribution in [3.63, 3.8) is 0 Å². The number of aromatic amines is 1. The minimum absolute atomic E-state index is 0.0509. The van der Waals surface area contributed by atoms with Gasteiger partial charge in [-0.3, -0.25) is 24.8 Å². The number of hydrogen-bond donors (Lipinski definition) is 9. The molecule has 218 valence electrons. The smallest absolute Gasteiger partial charge is 0.326 e. The maximum atomic E-state index is 12.3. The summed E-state index contributed by atoms with van der Waals surface area (Å²) in [4.78, 5) is 65.5. The highest BCUT2D eigenvalue weighted by Gasteiger charge is 2.21. The van der Waals surface area contributed by atoms with Gasteiger partial charge in [-0.05, 0) is 30.7 Å². The number of carboxylic acid groups (broad SMARTS) is 2. The molecule has 0 saturated carbocycles. The maximum absolute atomic E-state index is 12.3. The number of hydrogen-bond acceptors (Lipinski definition) is 10. The number of H-pyrrole nitrogens is 1. The molecule has 2 heterocycles. The van der Waals surface area contributed by atoms with E-state index >= 15 is 0 Å². The Balaban J connectivity index is 0.000000564. The molecule has 0 spiro atoms. The lowest BCUT2D eigenvalue weighted by Gasteiger charge is -2.14. The molecule has 2 aromatic heterocycles. The van der Waals surface area contributed by atoms with E-state index < -0.39 is 29.4 Å². The number of carbonyl (C=O) groups excluding carboxylic acids is 1. The van der Waals surface area contributed by atoms with E-state index in [0.717, 1.165) is 0 Å². The Bertz CT molecular complexity index is 1500. The Hall–Kier alpha value is -5.81. The van der Waals surface area contributed by atoms with Crippen LogP contribution in [-0.4, -0.2) is 85.0 Å². The number of aliphatic imine (C=N–C) groups is 1. The minimum atomic E-state index is -1.31. The Morgan fingerprint density at radius 1 is 1.15 bits per heavy atom. The van der Waals surface area contributed by atoms with Crippen LogP contribution in [-0.2, 0) is 16.1 Å². The second-order valence-electron chi connectivity index (χ2n) is 8.47. The van der Waals surface area contributed by atoms with Crippen LogP contribution in [0.2, 0.25) is 0 Å². The summed E-state index contributed by atoms with van der Waals surface area (Å²) in [5.74, 6) is -3.19. The Kier molecular flexibility index (Phi) is 11.0. The van der Waals surface area contributed by atoms with E-state index in [9.17, 15) is 19.2 Å². The molecule has 0 fully saturated rings. The topological polar surface area (TPSA) is 305 Å². The summed E-state index contributed by atoms with van der Waals surface area (Å²) in [7, 11) is 3.38. The number of carbonyl (C=O) groups is 3. The van der Waals surface area contributed by atoms with Crippen LogP contribution < -0.4 is 33.4 Å². The number of nitrogens with zero attached hydrogens (tertiary/aromatic N) is 5. The summed E-state index contributed by atoms with van der Waals surface area (Å²) in [5.41, 5.74) is 16.5. The van der Waals surface area contributed by atoms with Gasteiger partial charge in [0.05, 0.1) is 18.4 Å². The van der Waals surface area contributed by atoms with Gasteiger partial charge >= 0.3 is 11.9 Å². The van der Waals surface area contributed by atoms with Gasteiger partial charge in [0.25, 0.3) is 11.5 Å². The number of aromatic nitrogens is 4. The van der Waals surface area contributed by atoms with Crippen molar-refractivity contribution < 1.29 is 24.6 Å². The second-order valence-corrected chi connectivity index (χ2v) is 8.47. The van der Waals surface area contributed by atoms with Gasteiger partial charge in [0.2, 0.25) is 11.9 Å². The average Bonchev–Trinajstić information content (AvgIpc) is 2.89. The van der Waals surface area contributed by atoms with Crippen molar-refractivity contribution in [3.8, 4) is 0 Å². The molecule has 3 rings (SSSR count). The largest absolute Gasteiger partial charge is 0.481 e. The van der Waals surface area contributed by atoms with Crippen molar-refractivity contribution >= 4 is 52.6 Å². The fraction of sp³-hybridized carbons (Fsp3) is 0.261. The zero-order chi connectivity index (χ0) is 30.7. The van der Waals surface area contributed by atoms with Gasteiger partial charge in [-0.25, -0.2) is 14.8 Å². The number of benzene rings is 1. The van der Waals surface area contributed by atoms with Crippen molar-refractivity contribution in [2.24, 2.45) is 16.5 Å². The molecule has 41 heavy (non-hydrogen) atoms. The fourth-order valence-corrected chi connectivity index (χ4v) is 2.98. The summed E-state index contributed by atoms with van der Waals surface area (Å²) >= 11 is 0. The van der Waals surface area contributed by atoms with E-state index in [2.05, 4.69) is 35.6 Å². The molecule has 0 aliphatic carbocycles. The number of fused-ring (bicyclic) bond motifs is 1. The molecule has 1 aromatic carbocycles. The molecule has 1 atom stereocenters. The molecule has 18 heteroatoms. The third-order valence-electron chi connectivity index (χ3n) is 5.02. The van der Waals surface area contributed by atoms with Crippen molar-refractivity contribution in [2.45, 2.75) is 25.4 Å². The van der Waals surface area contributed by atoms with Gasteiger partial charge in [0, 0.05) is 31.8 Å². The van der Waals surface area contributed by atoms with Gasteiger partial charge in [0.1, 0.15) is 6.04 Å². The molecule has 0 aliphatic heterocycles. The normalized spacial score (nSPS) is 10.9. The number of aliphatic carboxylic acids is 2. The highest BCUT2D eigenvalue weighted by molar-refractivity contribution is 5.97. The highest BCUT2D eigenvalue weighted by atomic mass is 16.4. The summed E-state index contributed by atoms with van der Waals surface area (Å²) in [6.45, 7) is 0.231. The molecular weight excluding hydrogens is 540 g/mol. The molecule has 0 unspecified atom stereocenters. The van der Waals surface area contributed by atoms with E-state index in [1.54, 1.807) is 26.2 Å². The molecule has 0 bridgehead atoms. The predicted octanol–water partition coefficient (Wildman–Crippen LogP) is -1.29. The second kappa shape index (κ2) is 14.4. The summed E-state index contributed by atoms with van der Waals surface area (Å²) in [6, 6.07) is 4.86. The van der Waals surface area contributed by atoms with Gasteiger partial charge in [-0.2, -0.15) is 9.98 Å². The van der Waals surface area contributed by atoms with E-state index in [-0.39, 0.29) is 54.0 Å². The zero-order valence-electron chi connectivity index (χ0n) is 22.1. The standard InChI is InChI=1S/C19H19N7O6.C4H11N5/c20-19-25-15-14(17(30)26-19)23-11(8-22-15)7-21-10-3-1-9(2-4-10)16(29)24-12(18(31)32)5-6-13(27)28;1-9(2)4(7)8-3(5)6/h1-4,8,12,21H,5-7H2,(H,24,29)(H,27,28)(H,31,32)(H3,20,22,25,26,30);1-2H3,(H5,5,6,7,8)/t12-;/m0./s1. The van der Waals surface area contributed by atoms with Crippen LogP contribution in [0.1, 0.15) is 28.9 Å². The number of nitrogens with one attached hydrogen (secondary N) is 4. The molecule has 1 amide bonds. The minimum Gasteiger partial charge on any atom is -0.481 e. The van der Waals surface area contributed by atoms with Gasteiger partial charge in [-0.15, -0.1) is 0 Å². The van der Waals surface area contributed by atoms with Crippen LogP contribution in [0, 0.1) is 5.41 Å². The Labute approximate surface area is 232 Å². The lowest BCUT2D eigenvalue weighted by molar-refractivity contribution is -0.140. The number of anilines is 2. The monoisotopic (exact) mass is 570 g/mol. The van der Waals surface area contributed by atoms with Crippen LogP contribution in [0.25, 0.3) is 11.2 Å².